The maximum absolute atomic E-state index is 3.80. The molecule has 0 aromatic heterocycles. The zero-order chi connectivity index (χ0) is 13.8. The van der Waals surface area contributed by atoms with Crippen LogP contribution in [0.25, 0.3) is 0 Å². The number of aryl methyl sites for hydroxylation is 1. The summed E-state index contributed by atoms with van der Waals surface area (Å²) in [5.74, 6) is 0. The van der Waals surface area contributed by atoms with Crippen LogP contribution < -0.4 is 5.32 Å². The van der Waals surface area contributed by atoms with Gasteiger partial charge in [0, 0.05) is 12.1 Å². The maximum atomic E-state index is 3.80. The predicted molar refractivity (Wildman–Crippen MR) is 85.0 cm³/mol. The molecule has 2 aromatic rings. The van der Waals surface area contributed by atoms with E-state index in [0.717, 1.165) is 6.42 Å². The lowest BCUT2D eigenvalue weighted by molar-refractivity contribution is 0.436. The molecule has 0 saturated heterocycles. The van der Waals surface area contributed by atoms with Crippen molar-refractivity contribution in [3.8, 4) is 0 Å². The first kappa shape index (κ1) is 13.4. The molecule has 20 heavy (non-hydrogen) atoms. The largest absolute Gasteiger partial charge is 0.311 e. The van der Waals surface area contributed by atoms with Gasteiger partial charge in [-0.1, -0.05) is 54.6 Å². The van der Waals surface area contributed by atoms with Crippen molar-refractivity contribution in [2.24, 2.45) is 0 Å². The van der Waals surface area contributed by atoms with Crippen molar-refractivity contribution in [3.63, 3.8) is 0 Å². The van der Waals surface area contributed by atoms with Crippen LogP contribution in [0.1, 0.15) is 30.0 Å². The molecule has 104 valence electrons. The lowest BCUT2D eigenvalue weighted by Gasteiger charge is -2.19. The molecule has 1 atom stereocenters. The van der Waals surface area contributed by atoms with Crippen LogP contribution in [0.15, 0.2) is 54.6 Å². The quantitative estimate of drug-likeness (QED) is 0.868. The zero-order valence-corrected chi connectivity index (χ0v) is 12.2. The molecule has 0 heterocycles. The third-order valence-electron chi connectivity index (χ3n) is 4.28. The molecule has 1 aliphatic carbocycles. The normalized spacial score (nSPS) is 16.1. The third kappa shape index (κ3) is 3.29. The Morgan fingerprint density at radius 1 is 0.950 bits per heavy atom. The maximum Gasteiger partial charge on any atom is 0.0150 e. The number of hydrogen-bond donors (Lipinski definition) is 1. The molecule has 3 rings (SSSR count). The summed E-state index contributed by atoms with van der Waals surface area (Å²) >= 11 is 0. The van der Waals surface area contributed by atoms with Crippen LogP contribution in [0.2, 0.25) is 0 Å². The molecule has 0 fully saturated rings. The average Bonchev–Trinajstić information content (AvgIpc) is 2.88. The van der Waals surface area contributed by atoms with E-state index in [2.05, 4.69) is 66.8 Å². The van der Waals surface area contributed by atoms with Crippen LogP contribution >= 0.6 is 0 Å². The Bertz CT molecular complexity index is 522. The second-order valence-electron chi connectivity index (χ2n) is 5.97. The molecular weight excluding hydrogens is 242 g/mol. The molecule has 1 aliphatic rings. The van der Waals surface area contributed by atoms with E-state index >= 15 is 0 Å². The zero-order valence-electron chi connectivity index (χ0n) is 12.2. The van der Waals surface area contributed by atoms with Gasteiger partial charge in [0.05, 0.1) is 0 Å². The van der Waals surface area contributed by atoms with E-state index < -0.39 is 0 Å². The molecule has 1 nitrogen and oxygen atoms in total. The van der Waals surface area contributed by atoms with Gasteiger partial charge in [-0.25, -0.2) is 0 Å². The number of nitrogens with one attached hydrogen (secondary N) is 1. The minimum atomic E-state index is 0.578. The van der Waals surface area contributed by atoms with Crippen molar-refractivity contribution in [1.82, 2.24) is 5.32 Å². The molecule has 0 amide bonds. The van der Waals surface area contributed by atoms with E-state index in [4.69, 9.17) is 0 Å². The van der Waals surface area contributed by atoms with E-state index in [0.29, 0.717) is 12.1 Å². The van der Waals surface area contributed by atoms with Gasteiger partial charge in [-0.05, 0) is 49.3 Å². The Hall–Kier alpha value is -1.60. The van der Waals surface area contributed by atoms with E-state index in [-0.39, 0.29) is 0 Å². The van der Waals surface area contributed by atoms with E-state index in [9.17, 15) is 0 Å². The molecule has 2 aromatic carbocycles. The monoisotopic (exact) mass is 265 g/mol. The van der Waals surface area contributed by atoms with Crippen molar-refractivity contribution >= 4 is 0 Å². The van der Waals surface area contributed by atoms with E-state index in [1.807, 2.05) is 0 Å². The fraction of sp³-hybridized carbons (Fsp3) is 0.368. The molecule has 0 aliphatic heterocycles. The molecule has 1 heteroatoms. The first-order chi connectivity index (χ1) is 9.81. The van der Waals surface area contributed by atoms with Crippen LogP contribution in [0, 0.1) is 0 Å². The molecule has 1 unspecified atom stereocenters. The fourth-order valence-electron chi connectivity index (χ4n) is 3.19. The Labute approximate surface area is 122 Å². The van der Waals surface area contributed by atoms with Crippen LogP contribution in [0.4, 0.5) is 0 Å². The molecule has 0 spiro atoms. The minimum Gasteiger partial charge on any atom is -0.311 e. The smallest absolute Gasteiger partial charge is 0.0150 e. The predicted octanol–water partition coefficient (Wildman–Crippen LogP) is 3.76. The van der Waals surface area contributed by atoms with E-state index in [1.165, 1.54) is 36.0 Å². The Morgan fingerprint density at radius 3 is 2.20 bits per heavy atom. The molecular formula is C19H23N. The highest BCUT2D eigenvalue weighted by Crippen LogP contribution is 2.22. The highest BCUT2D eigenvalue weighted by atomic mass is 14.9. The summed E-state index contributed by atoms with van der Waals surface area (Å²) in [6, 6.07) is 20.8. The van der Waals surface area contributed by atoms with Gasteiger partial charge in [-0.2, -0.15) is 0 Å². The standard InChI is InChI=1S/C19H23N/c1-15(11-12-16-7-3-2-4-8-16)20-19-13-17-9-5-6-10-18(17)14-19/h2-10,15,19-20H,11-14H2,1H3. The summed E-state index contributed by atoms with van der Waals surface area (Å²) in [5, 5.41) is 3.80. The fourth-order valence-corrected chi connectivity index (χ4v) is 3.19. The summed E-state index contributed by atoms with van der Waals surface area (Å²) in [4.78, 5) is 0. The van der Waals surface area contributed by atoms with Gasteiger partial charge in [0.25, 0.3) is 0 Å². The number of benzene rings is 2. The third-order valence-corrected chi connectivity index (χ3v) is 4.28. The second-order valence-corrected chi connectivity index (χ2v) is 5.97. The number of hydrogen-bond acceptors (Lipinski definition) is 1. The molecule has 0 radical (unpaired) electrons. The van der Waals surface area contributed by atoms with Crippen molar-refractivity contribution in [1.29, 1.82) is 0 Å². The van der Waals surface area contributed by atoms with Gasteiger partial charge < -0.3 is 5.32 Å². The lowest BCUT2D eigenvalue weighted by Crippen LogP contribution is -2.37. The number of rotatable bonds is 5. The van der Waals surface area contributed by atoms with Crippen LogP contribution in [0.5, 0.6) is 0 Å². The molecule has 0 saturated carbocycles. The average molecular weight is 265 g/mol. The van der Waals surface area contributed by atoms with Gasteiger partial charge in [-0.3, -0.25) is 0 Å². The summed E-state index contributed by atoms with van der Waals surface area (Å²) in [6.45, 7) is 2.31. The first-order valence-corrected chi connectivity index (χ1v) is 7.68. The molecule has 0 bridgehead atoms. The van der Waals surface area contributed by atoms with Crippen LogP contribution in [-0.4, -0.2) is 12.1 Å². The van der Waals surface area contributed by atoms with Gasteiger partial charge >= 0.3 is 0 Å². The minimum absolute atomic E-state index is 0.578. The topological polar surface area (TPSA) is 12.0 Å². The van der Waals surface area contributed by atoms with Gasteiger partial charge in [0.1, 0.15) is 0 Å². The Morgan fingerprint density at radius 2 is 1.55 bits per heavy atom. The van der Waals surface area contributed by atoms with Gasteiger partial charge in [0.2, 0.25) is 0 Å². The second kappa shape index (κ2) is 6.23. The Balaban J connectivity index is 1.47. The van der Waals surface area contributed by atoms with E-state index in [1.54, 1.807) is 0 Å². The molecule has 1 N–H and O–H groups in total. The Kier molecular flexibility index (Phi) is 4.17. The summed E-state index contributed by atoms with van der Waals surface area (Å²) in [6.07, 6.45) is 4.74. The highest BCUT2D eigenvalue weighted by Gasteiger charge is 2.21. The first-order valence-electron chi connectivity index (χ1n) is 7.68. The van der Waals surface area contributed by atoms with Crippen molar-refractivity contribution < 1.29 is 0 Å². The highest BCUT2D eigenvalue weighted by molar-refractivity contribution is 5.33. The number of fused-ring (bicyclic) bond motifs is 1. The van der Waals surface area contributed by atoms with Gasteiger partial charge in [-0.15, -0.1) is 0 Å². The summed E-state index contributed by atoms with van der Waals surface area (Å²) in [5.41, 5.74) is 4.50. The van der Waals surface area contributed by atoms with Gasteiger partial charge in [0.15, 0.2) is 0 Å². The lowest BCUT2D eigenvalue weighted by atomic mass is 10.1. The summed E-state index contributed by atoms with van der Waals surface area (Å²) in [7, 11) is 0. The van der Waals surface area contributed by atoms with Crippen LogP contribution in [0.3, 0.4) is 0 Å². The summed E-state index contributed by atoms with van der Waals surface area (Å²) < 4.78 is 0. The van der Waals surface area contributed by atoms with Crippen molar-refractivity contribution in [2.75, 3.05) is 0 Å². The van der Waals surface area contributed by atoms with Crippen LogP contribution in [-0.2, 0) is 19.3 Å². The SMILES string of the molecule is CC(CCc1ccccc1)NC1Cc2ccccc2C1. The van der Waals surface area contributed by atoms with Crippen molar-refractivity contribution in [3.05, 3.63) is 71.3 Å². The van der Waals surface area contributed by atoms with Crippen molar-refractivity contribution in [2.45, 2.75) is 44.7 Å².